The molecule has 0 unspecified atom stereocenters. The van der Waals surface area contributed by atoms with Gasteiger partial charge in [0.15, 0.2) is 0 Å². The summed E-state index contributed by atoms with van der Waals surface area (Å²) in [4.78, 5) is 24.8. The predicted octanol–water partition coefficient (Wildman–Crippen LogP) is 0.589. The Bertz CT molecular complexity index is 631. The molecule has 1 fully saturated rings. The molecule has 2 amide bonds. The summed E-state index contributed by atoms with van der Waals surface area (Å²) in [5.41, 5.74) is 0. The number of carbonyl (C=O) groups is 1. The fourth-order valence-electron chi connectivity index (χ4n) is 2.87. The molecule has 2 aromatic heterocycles. The summed E-state index contributed by atoms with van der Waals surface area (Å²) in [5, 5.41) is 7.07. The van der Waals surface area contributed by atoms with Crippen molar-refractivity contribution in [1.82, 2.24) is 34.9 Å². The predicted molar refractivity (Wildman–Crippen MR) is 89.1 cm³/mol. The van der Waals surface area contributed by atoms with Crippen molar-refractivity contribution >= 4 is 6.03 Å². The van der Waals surface area contributed by atoms with E-state index in [0.29, 0.717) is 25.7 Å². The molecule has 8 heteroatoms. The number of rotatable bonds is 6. The fourth-order valence-corrected chi connectivity index (χ4v) is 2.87. The number of nitrogens with one attached hydrogen (secondary N) is 1. The number of urea groups is 1. The fraction of sp³-hybridized carbons (Fsp3) is 0.500. The van der Waals surface area contributed by atoms with Crippen molar-refractivity contribution in [3.63, 3.8) is 0 Å². The van der Waals surface area contributed by atoms with E-state index in [1.807, 2.05) is 23.2 Å². The molecule has 0 radical (unpaired) electrons. The van der Waals surface area contributed by atoms with E-state index in [9.17, 15) is 4.79 Å². The van der Waals surface area contributed by atoms with Crippen LogP contribution in [0.1, 0.15) is 12.2 Å². The molecule has 1 N–H and O–H groups in total. The van der Waals surface area contributed by atoms with E-state index in [2.05, 4.69) is 32.3 Å². The monoisotopic (exact) mass is 329 g/mol. The van der Waals surface area contributed by atoms with Crippen LogP contribution in [0.25, 0.3) is 0 Å². The molecule has 1 atom stereocenters. The molecule has 1 aliphatic heterocycles. The van der Waals surface area contributed by atoms with Crippen LogP contribution < -0.4 is 5.32 Å². The zero-order valence-corrected chi connectivity index (χ0v) is 13.9. The average molecular weight is 329 g/mol. The Kier molecular flexibility index (Phi) is 5.37. The van der Waals surface area contributed by atoms with Gasteiger partial charge in [-0.1, -0.05) is 0 Å². The largest absolute Gasteiger partial charge is 0.336 e. The highest BCUT2D eigenvalue weighted by atomic mass is 16.2. The Labute approximate surface area is 141 Å². The van der Waals surface area contributed by atoms with Gasteiger partial charge in [-0.3, -0.25) is 9.58 Å². The lowest BCUT2D eigenvalue weighted by atomic mass is 10.2. The Morgan fingerprint density at radius 3 is 2.92 bits per heavy atom. The van der Waals surface area contributed by atoms with Gasteiger partial charge in [-0.2, -0.15) is 5.10 Å². The molecule has 1 saturated heterocycles. The van der Waals surface area contributed by atoms with Crippen molar-refractivity contribution in [2.45, 2.75) is 25.6 Å². The Balaban J connectivity index is 1.41. The summed E-state index contributed by atoms with van der Waals surface area (Å²) in [5.74, 6) is 0.808. The SMILES string of the molecule is CN(Cc1ncccn1)[C@H]1CCN(C(=O)NCCn2cccn2)C1. The standard InChI is InChI=1S/C16H23N7O/c1-21(13-15-17-5-2-6-18-15)14-4-10-22(12-14)16(24)19-8-11-23-9-3-7-20-23/h2-3,5-7,9,14H,4,8,10-13H2,1H3,(H,19,24)/t14-/m0/s1. The topological polar surface area (TPSA) is 79.2 Å². The Morgan fingerprint density at radius 1 is 1.33 bits per heavy atom. The van der Waals surface area contributed by atoms with Crippen molar-refractivity contribution in [3.8, 4) is 0 Å². The van der Waals surface area contributed by atoms with Crippen LogP contribution in [0.3, 0.4) is 0 Å². The van der Waals surface area contributed by atoms with Gasteiger partial charge < -0.3 is 10.2 Å². The van der Waals surface area contributed by atoms with Gasteiger partial charge in [0.05, 0.1) is 13.1 Å². The number of amides is 2. The first-order chi connectivity index (χ1) is 11.7. The smallest absolute Gasteiger partial charge is 0.317 e. The highest BCUT2D eigenvalue weighted by Crippen LogP contribution is 2.15. The Morgan fingerprint density at radius 2 is 2.17 bits per heavy atom. The lowest BCUT2D eigenvalue weighted by Gasteiger charge is -2.24. The quantitative estimate of drug-likeness (QED) is 0.839. The number of aromatic nitrogens is 4. The third-order valence-corrected chi connectivity index (χ3v) is 4.26. The summed E-state index contributed by atoms with van der Waals surface area (Å²) >= 11 is 0. The normalized spacial score (nSPS) is 17.4. The summed E-state index contributed by atoms with van der Waals surface area (Å²) in [6.07, 6.45) is 8.10. The number of hydrogen-bond acceptors (Lipinski definition) is 5. The molecule has 2 aromatic rings. The number of hydrogen-bond donors (Lipinski definition) is 1. The van der Waals surface area contributed by atoms with Gasteiger partial charge in [0, 0.05) is 50.5 Å². The van der Waals surface area contributed by atoms with Gasteiger partial charge in [0.25, 0.3) is 0 Å². The summed E-state index contributed by atoms with van der Waals surface area (Å²) in [6, 6.07) is 4.02. The molecule has 128 valence electrons. The van der Waals surface area contributed by atoms with Crippen molar-refractivity contribution in [3.05, 3.63) is 42.7 Å². The molecule has 0 saturated carbocycles. The second-order valence-electron chi connectivity index (χ2n) is 5.97. The summed E-state index contributed by atoms with van der Waals surface area (Å²) in [6.45, 7) is 3.46. The molecule has 0 aromatic carbocycles. The van der Waals surface area contributed by atoms with E-state index >= 15 is 0 Å². The maximum atomic E-state index is 12.2. The minimum absolute atomic E-state index is 0.00554. The third kappa shape index (κ3) is 4.29. The number of nitrogens with zero attached hydrogens (tertiary/aromatic N) is 6. The highest BCUT2D eigenvalue weighted by molar-refractivity contribution is 5.74. The maximum Gasteiger partial charge on any atom is 0.317 e. The van der Waals surface area contributed by atoms with Gasteiger partial charge in [-0.25, -0.2) is 14.8 Å². The first kappa shape index (κ1) is 16.4. The van der Waals surface area contributed by atoms with Crippen molar-refractivity contribution < 1.29 is 4.79 Å². The van der Waals surface area contributed by atoms with Gasteiger partial charge >= 0.3 is 6.03 Å². The first-order valence-corrected chi connectivity index (χ1v) is 8.19. The first-order valence-electron chi connectivity index (χ1n) is 8.19. The molecular formula is C16H23N7O. The number of likely N-dealkylation sites (tertiary alicyclic amines) is 1. The minimum Gasteiger partial charge on any atom is -0.336 e. The maximum absolute atomic E-state index is 12.2. The molecule has 0 aliphatic carbocycles. The van der Waals surface area contributed by atoms with E-state index < -0.39 is 0 Å². The van der Waals surface area contributed by atoms with Crippen LogP contribution in [0.2, 0.25) is 0 Å². The minimum atomic E-state index is -0.00554. The van der Waals surface area contributed by atoms with Crippen LogP contribution in [0.4, 0.5) is 4.79 Å². The average Bonchev–Trinajstić information content (AvgIpc) is 3.27. The lowest BCUT2D eigenvalue weighted by molar-refractivity contribution is 0.195. The van der Waals surface area contributed by atoms with Gasteiger partial charge in [-0.05, 0) is 25.6 Å². The third-order valence-electron chi connectivity index (χ3n) is 4.26. The zero-order chi connectivity index (χ0) is 16.8. The van der Waals surface area contributed by atoms with Crippen LogP contribution in [0.15, 0.2) is 36.9 Å². The zero-order valence-electron chi connectivity index (χ0n) is 13.9. The van der Waals surface area contributed by atoms with E-state index in [0.717, 1.165) is 25.3 Å². The van der Waals surface area contributed by atoms with Crippen molar-refractivity contribution in [2.75, 3.05) is 26.7 Å². The van der Waals surface area contributed by atoms with Crippen LogP contribution in [0.5, 0.6) is 0 Å². The molecule has 8 nitrogen and oxygen atoms in total. The van der Waals surface area contributed by atoms with Crippen molar-refractivity contribution in [1.29, 1.82) is 0 Å². The second-order valence-corrected chi connectivity index (χ2v) is 5.97. The molecular weight excluding hydrogens is 306 g/mol. The molecule has 0 spiro atoms. The van der Waals surface area contributed by atoms with E-state index in [1.54, 1.807) is 23.3 Å². The lowest BCUT2D eigenvalue weighted by Crippen LogP contribution is -2.42. The molecule has 24 heavy (non-hydrogen) atoms. The summed E-state index contributed by atoms with van der Waals surface area (Å²) < 4.78 is 1.81. The van der Waals surface area contributed by atoms with Crippen LogP contribution in [-0.4, -0.2) is 68.3 Å². The van der Waals surface area contributed by atoms with E-state index in [4.69, 9.17) is 0 Å². The molecule has 0 bridgehead atoms. The number of carbonyl (C=O) groups excluding carboxylic acids is 1. The molecule has 1 aliphatic rings. The van der Waals surface area contributed by atoms with Gasteiger partial charge in [0.1, 0.15) is 5.82 Å². The van der Waals surface area contributed by atoms with Crippen LogP contribution in [0, 0.1) is 0 Å². The van der Waals surface area contributed by atoms with Crippen LogP contribution in [-0.2, 0) is 13.1 Å². The van der Waals surface area contributed by atoms with Gasteiger partial charge in [-0.15, -0.1) is 0 Å². The molecule has 3 rings (SSSR count). The van der Waals surface area contributed by atoms with Crippen molar-refractivity contribution in [2.24, 2.45) is 0 Å². The van der Waals surface area contributed by atoms with E-state index in [1.165, 1.54) is 0 Å². The second kappa shape index (κ2) is 7.87. The van der Waals surface area contributed by atoms with Crippen LogP contribution >= 0.6 is 0 Å². The Hall–Kier alpha value is -2.48. The summed E-state index contributed by atoms with van der Waals surface area (Å²) in [7, 11) is 2.06. The van der Waals surface area contributed by atoms with Gasteiger partial charge in [0.2, 0.25) is 0 Å². The highest BCUT2D eigenvalue weighted by Gasteiger charge is 2.28. The number of likely N-dealkylation sites (N-methyl/N-ethyl adjacent to an activating group) is 1. The van der Waals surface area contributed by atoms with E-state index in [-0.39, 0.29) is 6.03 Å². The molecule has 3 heterocycles.